The fraction of sp³-hybridized carbons (Fsp3) is 0.295. The van der Waals surface area contributed by atoms with Gasteiger partial charge in [0.1, 0.15) is 12.1 Å². The third-order valence-corrected chi connectivity index (χ3v) is 30.8. The number of rotatable bonds is 11. The van der Waals surface area contributed by atoms with Crippen LogP contribution in [0.25, 0.3) is 291 Å². The first-order chi connectivity index (χ1) is 50.0. The molecule has 2 spiro atoms. The highest BCUT2D eigenvalue weighted by molar-refractivity contribution is 6.82. The summed E-state index contributed by atoms with van der Waals surface area (Å²) in [5, 5.41) is 76.6. The predicted molar refractivity (Wildman–Crippen MR) is 400 cm³/mol. The molecule has 2 amide bonds. The van der Waals surface area contributed by atoms with Crippen LogP contribution in [0.15, 0.2) is 0 Å². The maximum atomic E-state index is 17.0. The van der Waals surface area contributed by atoms with Gasteiger partial charge in [-0.15, -0.1) is 0 Å². The summed E-state index contributed by atoms with van der Waals surface area (Å²) in [4.78, 5) is 68.3. The fourth-order valence-electron chi connectivity index (χ4n) is 29.2. The molecule has 476 valence electrons. The lowest BCUT2D eigenvalue weighted by Gasteiger charge is -2.51. The molecule has 2 aliphatic heterocycles. The SMILES string of the molecule is COC(=O)C1N(C(=O)CCCCCCCCC(=O)N2CCOCCOCCOCCOCCOCC2)C(C(=O)OC)C23c4c5c6c7c8c9c(c%10c%11c2c2c4c4c%12c5c5c6c6c8c8c%13c9c9c%10c%10c%11c%11c2c2c4c4c%12c%12c5c5c6c8c6c8c%13c9c9c%10c%10c%11c2c2c4c4c%12c5c6c5c8c9c%10c2c45)C713. The number of benzene rings is 18. The Morgan fingerprint density at radius 3 is 0.653 bits per heavy atom. The van der Waals surface area contributed by atoms with Gasteiger partial charge in [0, 0.05) is 25.9 Å². The molecule has 13 heteroatoms. The Hall–Kier alpha value is -9.86. The summed E-state index contributed by atoms with van der Waals surface area (Å²) < 4.78 is 41.6. The Kier molecular flexibility index (Phi) is 6.71. The van der Waals surface area contributed by atoms with Gasteiger partial charge in [0.15, 0.2) is 0 Å². The van der Waals surface area contributed by atoms with Gasteiger partial charge < -0.3 is 43.0 Å². The van der Waals surface area contributed by atoms with Gasteiger partial charge >= 0.3 is 11.9 Å². The van der Waals surface area contributed by atoms with E-state index in [9.17, 15) is 4.79 Å². The summed E-state index contributed by atoms with van der Waals surface area (Å²) in [5.74, 6) is -1.04. The van der Waals surface area contributed by atoms with Gasteiger partial charge in [-0.3, -0.25) is 9.59 Å². The molecule has 28 aromatic rings. The van der Waals surface area contributed by atoms with Crippen molar-refractivity contribution < 1.29 is 52.3 Å². The molecule has 0 N–H and O–H groups in total. The van der Waals surface area contributed by atoms with Crippen LogP contribution in [-0.2, 0) is 63.2 Å². The van der Waals surface area contributed by atoms with Crippen LogP contribution in [0, 0.1) is 0 Å². The smallest absolute Gasteiger partial charge is 0.329 e. The van der Waals surface area contributed by atoms with Crippen molar-refractivity contribution in [2.75, 3.05) is 93.4 Å². The van der Waals surface area contributed by atoms with Gasteiger partial charge in [0.2, 0.25) is 11.8 Å². The van der Waals surface area contributed by atoms with Crippen molar-refractivity contribution in [3.05, 3.63) is 22.3 Å². The summed E-state index contributed by atoms with van der Waals surface area (Å²) in [7, 11) is 3.05. The van der Waals surface area contributed by atoms with E-state index in [1.54, 1.807) is 0 Å². The standard InChI is InChI=1S/C88H48N2O11/c1-95-85(93)83-87-79-71-63-53-43-35-27-25-26-29-33-31(27)39-47-41(33)51-45-37(29)38-30(26)34-32-28(25)36(35)44-50-40(32)48-42(34)52-46(38)56-55(45)65-59(51)69-61(47)67(57(63)49(39)43)75(79)77(69)81-73(65)74-66(56)60(52)70-62(48)68-58(50)64(54(44)53)72(71)80(87)76(68)78(70)82(74)88(81,87)84(86(94)96-2)90(83)24(92)10-8-6-4-3-5-7-9-23(91)89-11-13-97-15-17-99-19-21-101-22-20-100-18-16-98-14-12-89/h83-84H,3-22H2,1-2H3. The second kappa shape index (κ2) is 13.9. The molecule has 101 heavy (non-hydrogen) atoms. The molecule has 0 aromatic heterocycles. The number of likely N-dealkylation sites (tertiary alicyclic amines) is 1. The minimum atomic E-state index is -1.31. The zero-order valence-corrected chi connectivity index (χ0v) is 54.7. The van der Waals surface area contributed by atoms with Gasteiger partial charge in [-0.2, -0.15) is 0 Å². The molecule has 28 aromatic carbocycles. The van der Waals surface area contributed by atoms with Crippen LogP contribution in [0.3, 0.4) is 0 Å². The molecule has 4 aliphatic carbocycles. The van der Waals surface area contributed by atoms with E-state index in [0.29, 0.717) is 92.0 Å². The van der Waals surface area contributed by atoms with Crippen molar-refractivity contribution in [3.63, 3.8) is 0 Å². The number of carbonyl (C=O) groups is 4. The fourth-order valence-corrected chi connectivity index (χ4v) is 29.2. The van der Waals surface area contributed by atoms with E-state index < -0.39 is 34.9 Å². The molecule has 2 unspecified atom stereocenters. The zero-order chi connectivity index (χ0) is 64.2. The molecule has 0 saturated carbocycles. The zero-order valence-electron chi connectivity index (χ0n) is 54.7. The minimum Gasteiger partial charge on any atom is -0.467 e. The molecule has 2 atom stereocenters. The van der Waals surface area contributed by atoms with Gasteiger partial charge in [-0.05, 0) is 326 Å². The number of carbonyl (C=O) groups excluding carboxylic acids is 4. The van der Waals surface area contributed by atoms with Crippen molar-refractivity contribution in [2.45, 2.75) is 74.3 Å². The average molecular weight is 1310 g/mol. The van der Waals surface area contributed by atoms with Crippen molar-refractivity contribution in [2.24, 2.45) is 0 Å². The lowest BCUT2D eigenvalue weighted by Crippen LogP contribution is -2.59. The van der Waals surface area contributed by atoms with Crippen LogP contribution in [0.1, 0.15) is 73.6 Å². The first kappa shape index (κ1) is 48.8. The summed E-state index contributed by atoms with van der Waals surface area (Å²) in [6, 6.07) is -2.44. The molecule has 6 aliphatic rings. The Labute approximate surface area is 563 Å². The predicted octanol–water partition coefficient (Wildman–Crippen LogP) is 17.3. The van der Waals surface area contributed by atoms with Crippen LogP contribution in [-0.4, -0.2) is 139 Å². The normalized spacial score (nSPS) is 23.0. The van der Waals surface area contributed by atoms with Crippen molar-refractivity contribution in [3.8, 4) is 0 Å². The highest BCUT2D eigenvalue weighted by Gasteiger charge is 2.83. The summed E-state index contributed by atoms with van der Waals surface area (Å²) in [5.41, 5.74) is 2.10. The molecule has 2 heterocycles. The van der Waals surface area contributed by atoms with Crippen LogP contribution in [0.2, 0.25) is 0 Å². The lowest BCUT2D eigenvalue weighted by molar-refractivity contribution is -0.159. The molecule has 34 rings (SSSR count). The highest BCUT2D eigenvalue weighted by atomic mass is 16.6. The number of hydrogen-bond donors (Lipinski definition) is 0. The number of amides is 2. The maximum Gasteiger partial charge on any atom is 0.329 e. The monoisotopic (exact) mass is 1310 g/mol. The van der Waals surface area contributed by atoms with Crippen LogP contribution >= 0.6 is 0 Å². The number of ether oxygens (including phenoxy) is 7. The first-order valence-electron chi connectivity index (χ1n) is 37.4. The van der Waals surface area contributed by atoms with E-state index in [1.807, 2.05) is 9.80 Å². The molecular formula is C88H48N2O11. The molecule has 13 nitrogen and oxygen atoms in total. The Balaban J connectivity index is 0.631. The van der Waals surface area contributed by atoms with Crippen molar-refractivity contribution >= 4 is 315 Å². The van der Waals surface area contributed by atoms with Crippen molar-refractivity contribution in [1.29, 1.82) is 0 Å². The van der Waals surface area contributed by atoms with Crippen molar-refractivity contribution in [1.82, 2.24) is 9.80 Å². The van der Waals surface area contributed by atoms with Gasteiger partial charge in [-0.1, -0.05) is 25.7 Å². The number of hydrogen-bond acceptors (Lipinski definition) is 11. The first-order valence-corrected chi connectivity index (χ1v) is 37.4. The number of esters is 2. The van der Waals surface area contributed by atoms with Crippen LogP contribution in [0.5, 0.6) is 0 Å². The molecule has 2 fully saturated rings. The van der Waals surface area contributed by atoms with E-state index in [-0.39, 0.29) is 18.2 Å². The van der Waals surface area contributed by atoms with Gasteiger partial charge in [0.25, 0.3) is 0 Å². The Morgan fingerprint density at radius 2 is 0.446 bits per heavy atom. The third-order valence-electron chi connectivity index (χ3n) is 30.8. The summed E-state index contributed by atoms with van der Waals surface area (Å²) in [6.45, 7) is 5.56. The number of unbranched alkanes of at least 4 members (excludes halogenated alkanes) is 5. The van der Waals surface area contributed by atoms with E-state index in [4.69, 9.17) is 33.2 Å². The number of methoxy groups -OCH3 is 2. The number of nitrogens with zero attached hydrogens (tertiary/aromatic N) is 2. The molecule has 2 saturated heterocycles. The Bertz CT molecular complexity index is 7580. The van der Waals surface area contributed by atoms with Gasteiger partial charge in [0.05, 0.1) is 91.1 Å². The summed E-state index contributed by atoms with van der Waals surface area (Å²) >= 11 is 0. The lowest BCUT2D eigenvalue weighted by atomic mass is 9.46. The molecular weight excluding hydrogens is 1260 g/mol. The second-order valence-corrected chi connectivity index (χ2v) is 33.1. The van der Waals surface area contributed by atoms with E-state index >= 15 is 14.4 Å². The maximum absolute atomic E-state index is 17.0. The summed E-state index contributed by atoms with van der Waals surface area (Å²) in [6.07, 6.45) is 5.33. The second-order valence-electron chi connectivity index (χ2n) is 33.1. The largest absolute Gasteiger partial charge is 0.467 e. The average Bonchev–Trinajstić information content (AvgIpc) is 1.38. The topological polar surface area (TPSA) is 139 Å². The highest BCUT2D eigenvalue weighted by Crippen LogP contribution is 2.87. The van der Waals surface area contributed by atoms with E-state index in [2.05, 4.69) is 0 Å². The van der Waals surface area contributed by atoms with Crippen LogP contribution < -0.4 is 0 Å². The Morgan fingerprint density at radius 1 is 0.267 bits per heavy atom. The van der Waals surface area contributed by atoms with Gasteiger partial charge in [-0.25, -0.2) is 9.59 Å². The van der Waals surface area contributed by atoms with E-state index in [0.717, 1.165) is 32.1 Å². The van der Waals surface area contributed by atoms with E-state index in [1.165, 1.54) is 327 Å². The molecule has 0 bridgehead atoms. The quantitative estimate of drug-likeness (QED) is 0.0694. The minimum absolute atomic E-state index is 0.0889. The van der Waals surface area contributed by atoms with Crippen LogP contribution in [0.4, 0.5) is 0 Å². The third kappa shape index (κ3) is 3.72. The molecule has 0 radical (unpaired) electrons.